The fourth-order valence-electron chi connectivity index (χ4n) is 1.77. The topological polar surface area (TPSA) is 27.7 Å². The maximum atomic E-state index is 5.55. The molecular formula is C8H14O3. The first kappa shape index (κ1) is 7.53. The quantitative estimate of drug-likeness (QED) is 0.525. The van der Waals surface area contributed by atoms with Crippen molar-refractivity contribution in [2.45, 2.75) is 31.7 Å². The third-order valence-electron chi connectivity index (χ3n) is 2.30. The first-order chi connectivity index (χ1) is 5.31. The molecule has 3 heteroatoms. The highest BCUT2D eigenvalue weighted by atomic mass is 16.7. The van der Waals surface area contributed by atoms with E-state index in [9.17, 15) is 0 Å². The van der Waals surface area contributed by atoms with Crippen LogP contribution in [0.15, 0.2) is 0 Å². The standard InChI is InChI=1S/C8H14O3/c1-7-6-8(2-3-9-7)10-4-5-11-8/h7H,2-6H2,1H3. The van der Waals surface area contributed by atoms with Crippen LogP contribution in [0.2, 0.25) is 0 Å². The molecule has 64 valence electrons. The van der Waals surface area contributed by atoms with E-state index in [0.29, 0.717) is 0 Å². The molecule has 0 aromatic carbocycles. The van der Waals surface area contributed by atoms with E-state index in [-0.39, 0.29) is 11.9 Å². The lowest BCUT2D eigenvalue weighted by Crippen LogP contribution is -2.40. The summed E-state index contributed by atoms with van der Waals surface area (Å²) >= 11 is 0. The van der Waals surface area contributed by atoms with Gasteiger partial charge in [0.05, 0.1) is 25.9 Å². The van der Waals surface area contributed by atoms with Crippen LogP contribution in [0.25, 0.3) is 0 Å². The predicted octanol–water partition coefficient (Wildman–Crippen LogP) is 0.928. The van der Waals surface area contributed by atoms with Crippen molar-refractivity contribution in [2.75, 3.05) is 19.8 Å². The smallest absolute Gasteiger partial charge is 0.173 e. The highest BCUT2D eigenvalue weighted by Crippen LogP contribution is 2.32. The summed E-state index contributed by atoms with van der Waals surface area (Å²) in [5.74, 6) is -0.280. The molecule has 0 radical (unpaired) electrons. The minimum atomic E-state index is -0.280. The van der Waals surface area contributed by atoms with E-state index < -0.39 is 0 Å². The summed E-state index contributed by atoms with van der Waals surface area (Å²) in [6.07, 6.45) is 2.05. The van der Waals surface area contributed by atoms with Crippen LogP contribution in [0, 0.1) is 0 Å². The van der Waals surface area contributed by atoms with Crippen LogP contribution in [0.3, 0.4) is 0 Å². The van der Waals surface area contributed by atoms with Crippen LogP contribution in [0.4, 0.5) is 0 Å². The molecule has 0 N–H and O–H groups in total. The Hall–Kier alpha value is -0.120. The van der Waals surface area contributed by atoms with Crippen LogP contribution < -0.4 is 0 Å². The number of hydrogen-bond donors (Lipinski definition) is 0. The van der Waals surface area contributed by atoms with E-state index in [0.717, 1.165) is 32.7 Å². The molecule has 2 heterocycles. The lowest BCUT2D eigenvalue weighted by Gasteiger charge is -2.34. The molecule has 0 aromatic rings. The SMILES string of the molecule is CC1CC2(CCO1)OCCO2. The number of ether oxygens (including phenoxy) is 3. The Morgan fingerprint density at radius 3 is 2.55 bits per heavy atom. The number of rotatable bonds is 0. The van der Waals surface area contributed by atoms with Gasteiger partial charge in [0.1, 0.15) is 0 Å². The summed E-state index contributed by atoms with van der Waals surface area (Å²) in [5, 5.41) is 0. The molecule has 0 aliphatic carbocycles. The van der Waals surface area contributed by atoms with Crippen LogP contribution in [0.1, 0.15) is 19.8 Å². The van der Waals surface area contributed by atoms with Gasteiger partial charge in [0.2, 0.25) is 0 Å². The zero-order valence-electron chi connectivity index (χ0n) is 6.84. The summed E-state index contributed by atoms with van der Waals surface area (Å²) in [7, 11) is 0. The van der Waals surface area contributed by atoms with Gasteiger partial charge in [0.25, 0.3) is 0 Å². The van der Waals surface area contributed by atoms with Crippen molar-refractivity contribution >= 4 is 0 Å². The van der Waals surface area contributed by atoms with Gasteiger partial charge in [-0.05, 0) is 6.92 Å². The van der Waals surface area contributed by atoms with Crippen molar-refractivity contribution in [1.82, 2.24) is 0 Å². The molecule has 2 saturated heterocycles. The van der Waals surface area contributed by atoms with Crippen molar-refractivity contribution in [3.63, 3.8) is 0 Å². The molecule has 11 heavy (non-hydrogen) atoms. The molecule has 2 fully saturated rings. The molecule has 1 atom stereocenters. The minimum absolute atomic E-state index is 0.279. The van der Waals surface area contributed by atoms with Gasteiger partial charge in [0, 0.05) is 12.8 Å². The molecular weight excluding hydrogens is 144 g/mol. The van der Waals surface area contributed by atoms with Gasteiger partial charge in [-0.1, -0.05) is 0 Å². The summed E-state index contributed by atoms with van der Waals surface area (Å²) in [6, 6.07) is 0. The Kier molecular flexibility index (Phi) is 1.87. The van der Waals surface area contributed by atoms with Crippen molar-refractivity contribution in [3.8, 4) is 0 Å². The van der Waals surface area contributed by atoms with E-state index in [4.69, 9.17) is 14.2 Å². The van der Waals surface area contributed by atoms with Gasteiger partial charge < -0.3 is 14.2 Å². The van der Waals surface area contributed by atoms with Crippen LogP contribution in [-0.2, 0) is 14.2 Å². The van der Waals surface area contributed by atoms with Gasteiger partial charge in [-0.3, -0.25) is 0 Å². The second-order valence-electron chi connectivity index (χ2n) is 3.24. The molecule has 1 spiro atoms. The maximum Gasteiger partial charge on any atom is 0.173 e. The zero-order valence-corrected chi connectivity index (χ0v) is 6.84. The highest BCUT2D eigenvalue weighted by Gasteiger charge is 2.40. The fraction of sp³-hybridized carbons (Fsp3) is 1.00. The van der Waals surface area contributed by atoms with E-state index >= 15 is 0 Å². The third-order valence-corrected chi connectivity index (χ3v) is 2.30. The van der Waals surface area contributed by atoms with Gasteiger partial charge in [-0.15, -0.1) is 0 Å². The van der Waals surface area contributed by atoms with E-state index in [2.05, 4.69) is 6.92 Å². The normalized spacial score (nSPS) is 36.3. The van der Waals surface area contributed by atoms with E-state index in [1.165, 1.54) is 0 Å². The minimum Gasteiger partial charge on any atom is -0.378 e. The van der Waals surface area contributed by atoms with Crippen LogP contribution in [-0.4, -0.2) is 31.7 Å². The maximum absolute atomic E-state index is 5.55. The molecule has 0 aromatic heterocycles. The molecule has 2 aliphatic heterocycles. The largest absolute Gasteiger partial charge is 0.378 e. The van der Waals surface area contributed by atoms with Gasteiger partial charge in [0.15, 0.2) is 5.79 Å². The molecule has 2 rings (SSSR count). The molecule has 0 bridgehead atoms. The monoisotopic (exact) mass is 158 g/mol. The summed E-state index contributed by atoms with van der Waals surface area (Å²) in [6.45, 7) is 4.31. The van der Waals surface area contributed by atoms with Gasteiger partial charge in [-0.25, -0.2) is 0 Å². The van der Waals surface area contributed by atoms with E-state index in [1.54, 1.807) is 0 Å². The fourth-order valence-corrected chi connectivity index (χ4v) is 1.77. The Bertz CT molecular complexity index is 140. The third kappa shape index (κ3) is 1.41. The van der Waals surface area contributed by atoms with Gasteiger partial charge >= 0.3 is 0 Å². The van der Waals surface area contributed by atoms with Crippen LogP contribution >= 0.6 is 0 Å². The van der Waals surface area contributed by atoms with Crippen molar-refractivity contribution in [1.29, 1.82) is 0 Å². The number of hydrogen-bond acceptors (Lipinski definition) is 3. The van der Waals surface area contributed by atoms with Crippen molar-refractivity contribution in [2.24, 2.45) is 0 Å². The highest BCUT2D eigenvalue weighted by molar-refractivity contribution is 4.80. The lowest BCUT2D eigenvalue weighted by atomic mass is 10.0. The molecule has 3 nitrogen and oxygen atoms in total. The molecule has 2 aliphatic rings. The Labute approximate surface area is 66.6 Å². The van der Waals surface area contributed by atoms with Crippen LogP contribution in [0.5, 0.6) is 0 Å². The second kappa shape index (κ2) is 2.73. The molecule has 0 saturated carbocycles. The Morgan fingerprint density at radius 1 is 1.18 bits per heavy atom. The Balaban J connectivity index is 2.00. The zero-order chi connectivity index (χ0) is 7.73. The van der Waals surface area contributed by atoms with Crippen molar-refractivity contribution in [3.05, 3.63) is 0 Å². The first-order valence-corrected chi connectivity index (χ1v) is 4.20. The first-order valence-electron chi connectivity index (χ1n) is 4.20. The molecule has 0 amide bonds. The van der Waals surface area contributed by atoms with Gasteiger partial charge in [-0.2, -0.15) is 0 Å². The lowest BCUT2D eigenvalue weighted by molar-refractivity contribution is -0.217. The summed E-state index contributed by atoms with van der Waals surface area (Å²) in [4.78, 5) is 0. The van der Waals surface area contributed by atoms with E-state index in [1.807, 2.05) is 0 Å². The average molecular weight is 158 g/mol. The van der Waals surface area contributed by atoms with Crippen molar-refractivity contribution < 1.29 is 14.2 Å². The summed E-state index contributed by atoms with van der Waals surface area (Å²) < 4.78 is 16.5. The predicted molar refractivity (Wildman–Crippen MR) is 39.3 cm³/mol. The molecule has 1 unspecified atom stereocenters. The summed E-state index contributed by atoms with van der Waals surface area (Å²) in [5.41, 5.74) is 0. The Morgan fingerprint density at radius 2 is 1.91 bits per heavy atom. The average Bonchev–Trinajstić information content (AvgIpc) is 2.37. The second-order valence-corrected chi connectivity index (χ2v) is 3.24.